The molecule has 2 aromatic rings. The number of esters is 2. The van der Waals surface area contributed by atoms with E-state index >= 15 is 0 Å². The van der Waals surface area contributed by atoms with Crippen LogP contribution in [0, 0.1) is 13.8 Å². The van der Waals surface area contributed by atoms with Crippen molar-refractivity contribution in [3.05, 3.63) is 75.6 Å². The quantitative estimate of drug-likeness (QED) is 0.712. The smallest absolute Gasteiger partial charge is 0.336 e. The minimum atomic E-state index is -0.663. The zero-order valence-electron chi connectivity index (χ0n) is 18.0. The Labute approximate surface area is 176 Å². The van der Waals surface area contributed by atoms with Crippen LogP contribution in [0.25, 0.3) is 0 Å². The lowest BCUT2D eigenvalue weighted by Crippen LogP contribution is -2.32. The van der Waals surface area contributed by atoms with Crippen molar-refractivity contribution in [2.45, 2.75) is 40.0 Å². The summed E-state index contributed by atoms with van der Waals surface area (Å²) in [6, 6.07) is 7.45. The number of carbonyl (C=O) groups is 2. The molecule has 158 valence electrons. The van der Waals surface area contributed by atoms with Crippen molar-refractivity contribution in [3.63, 3.8) is 0 Å². The van der Waals surface area contributed by atoms with Crippen molar-refractivity contribution in [2.75, 3.05) is 13.7 Å². The van der Waals surface area contributed by atoms with E-state index in [9.17, 15) is 9.59 Å². The third-order valence-corrected chi connectivity index (χ3v) is 5.23. The Hall–Kier alpha value is -3.35. The van der Waals surface area contributed by atoms with Gasteiger partial charge < -0.3 is 19.8 Å². The molecule has 1 aliphatic heterocycles. The van der Waals surface area contributed by atoms with E-state index in [1.54, 1.807) is 32.2 Å². The largest absolute Gasteiger partial charge is 0.466 e. The maximum absolute atomic E-state index is 13.1. The normalized spacial score (nSPS) is 16.4. The lowest BCUT2D eigenvalue weighted by atomic mass is 9.83. The number of methoxy groups -OCH3 is 1. The Kier molecular flexibility index (Phi) is 6.40. The number of hydrogen-bond acceptors (Lipinski definition) is 6. The molecule has 0 aliphatic carbocycles. The molecule has 0 aromatic carbocycles. The summed E-state index contributed by atoms with van der Waals surface area (Å²) in [5, 5.41) is 3.12. The molecule has 7 nitrogen and oxygen atoms in total. The van der Waals surface area contributed by atoms with Gasteiger partial charge in [-0.25, -0.2) is 9.59 Å². The molecule has 0 unspecified atom stereocenters. The van der Waals surface area contributed by atoms with E-state index < -0.39 is 17.9 Å². The number of aryl methyl sites for hydroxylation is 2. The summed E-state index contributed by atoms with van der Waals surface area (Å²) in [6.45, 7) is 7.80. The second-order valence-electron chi connectivity index (χ2n) is 7.37. The van der Waals surface area contributed by atoms with Gasteiger partial charge in [0.25, 0.3) is 0 Å². The predicted molar refractivity (Wildman–Crippen MR) is 112 cm³/mol. The number of nitrogens with zero attached hydrogens (tertiary/aromatic N) is 1. The van der Waals surface area contributed by atoms with Gasteiger partial charge >= 0.3 is 11.9 Å². The van der Waals surface area contributed by atoms with Crippen LogP contribution in [-0.2, 0) is 25.5 Å². The van der Waals surface area contributed by atoms with Gasteiger partial charge in [0.05, 0.1) is 36.5 Å². The van der Waals surface area contributed by atoms with Crippen LogP contribution < -0.4 is 5.32 Å². The first kappa shape index (κ1) is 21.4. The highest BCUT2D eigenvalue weighted by atomic mass is 16.5. The van der Waals surface area contributed by atoms with Gasteiger partial charge in [0.1, 0.15) is 0 Å². The molecule has 3 heterocycles. The summed E-state index contributed by atoms with van der Waals surface area (Å²) >= 11 is 0. The summed E-state index contributed by atoms with van der Waals surface area (Å²) in [5.74, 6) is -1.65. The van der Waals surface area contributed by atoms with Crippen LogP contribution in [-0.4, -0.2) is 35.6 Å². The molecule has 7 heteroatoms. The Balaban J connectivity index is 1.88. The van der Waals surface area contributed by atoms with Gasteiger partial charge in [-0.3, -0.25) is 4.98 Å². The van der Waals surface area contributed by atoms with Crippen LogP contribution >= 0.6 is 0 Å². The number of aromatic nitrogens is 2. The number of ether oxygens (including phenoxy) is 2. The van der Waals surface area contributed by atoms with Gasteiger partial charge in [-0.15, -0.1) is 0 Å². The topological polar surface area (TPSA) is 93.3 Å². The lowest BCUT2D eigenvalue weighted by Gasteiger charge is -2.29. The molecule has 3 rings (SSSR count). The number of H-pyrrole nitrogens is 1. The van der Waals surface area contributed by atoms with E-state index in [-0.39, 0.29) is 6.61 Å². The second-order valence-corrected chi connectivity index (χ2v) is 7.37. The number of carbonyl (C=O) groups excluding carboxylic acids is 2. The third-order valence-electron chi connectivity index (χ3n) is 5.23. The zero-order chi connectivity index (χ0) is 21.8. The Morgan fingerprint density at radius 1 is 1.07 bits per heavy atom. The monoisotopic (exact) mass is 409 g/mol. The van der Waals surface area contributed by atoms with Crippen molar-refractivity contribution < 1.29 is 19.1 Å². The maximum Gasteiger partial charge on any atom is 0.336 e. The molecule has 2 aromatic heterocycles. The van der Waals surface area contributed by atoms with Crippen LogP contribution in [0.15, 0.2) is 53.0 Å². The minimum absolute atomic E-state index is 0.235. The van der Waals surface area contributed by atoms with Gasteiger partial charge in [0.2, 0.25) is 0 Å². The molecule has 2 N–H and O–H groups in total. The minimum Gasteiger partial charge on any atom is -0.466 e. The SMILES string of the molecule is COC(=O)C1=C(C)NC(C)=C(C(=O)OCCc2cc(C)[nH]c2C)[C@H]1c1ccccn1. The zero-order valence-corrected chi connectivity index (χ0v) is 18.0. The van der Waals surface area contributed by atoms with Gasteiger partial charge in [-0.05, 0) is 51.5 Å². The number of allylic oxidation sites excluding steroid dienone is 2. The highest BCUT2D eigenvalue weighted by Crippen LogP contribution is 2.38. The second kappa shape index (κ2) is 8.98. The third kappa shape index (κ3) is 4.30. The van der Waals surface area contributed by atoms with Gasteiger partial charge in [-0.1, -0.05) is 6.07 Å². The molecule has 0 bridgehead atoms. The van der Waals surface area contributed by atoms with E-state index in [4.69, 9.17) is 9.47 Å². The molecule has 0 fully saturated rings. The fraction of sp³-hybridized carbons (Fsp3) is 0.348. The summed E-state index contributed by atoms with van der Waals surface area (Å²) < 4.78 is 10.6. The van der Waals surface area contributed by atoms with Crippen LogP contribution in [0.1, 0.15) is 42.4 Å². The van der Waals surface area contributed by atoms with Crippen LogP contribution in [0.5, 0.6) is 0 Å². The molecular weight excluding hydrogens is 382 g/mol. The van der Waals surface area contributed by atoms with E-state index in [1.165, 1.54) is 7.11 Å². The molecular formula is C23H27N3O4. The predicted octanol–water partition coefficient (Wildman–Crippen LogP) is 3.22. The van der Waals surface area contributed by atoms with E-state index in [2.05, 4.69) is 15.3 Å². The molecule has 0 spiro atoms. The average molecular weight is 409 g/mol. The highest BCUT2D eigenvalue weighted by molar-refractivity contribution is 5.99. The Bertz CT molecular complexity index is 1020. The van der Waals surface area contributed by atoms with E-state index in [1.807, 2.05) is 26.0 Å². The van der Waals surface area contributed by atoms with Crippen molar-refractivity contribution in [1.29, 1.82) is 0 Å². The van der Waals surface area contributed by atoms with Gasteiger partial charge in [0, 0.05) is 35.4 Å². The summed E-state index contributed by atoms with van der Waals surface area (Å²) in [5.41, 5.74) is 5.81. The summed E-state index contributed by atoms with van der Waals surface area (Å²) in [6.07, 6.45) is 2.24. The van der Waals surface area contributed by atoms with Crippen LogP contribution in [0.2, 0.25) is 0 Å². The first-order valence-electron chi connectivity index (χ1n) is 9.83. The first-order valence-corrected chi connectivity index (χ1v) is 9.83. The lowest BCUT2D eigenvalue weighted by molar-refractivity contribution is -0.139. The number of nitrogens with one attached hydrogen (secondary N) is 2. The Morgan fingerprint density at radius 3 is 2.33 bits per heavy atom. The number of rotatable bonds is 6. The molecule has 1 atom stereocenters. The van der Waals surface area contributed by atoms with Gasteiger partial charge in [-0.2, -0.15) is 0 Å². The molecule has 0 amide bonds. The summed E-state index contributed by atoms with van der Waals surface area (Å²) in [7, 11) is 1.32. The number of aromatic amines is 1. The molecule has 0 radical (unpaired) electrons. The Morgan fingerprint density at radius 2 is 1.77 bits per heavy atom. The maximum atomic E-state index is 13.1. The molecule has 30 heavy (non-hydrogen) atoms. The van der Waals surface area contributed by atoms with Crippen LogP contribution in [0.3, 0.4) is 0 Å². The van der Waals surface area contributed by atoms with Crippen molar-refractivity contribution in [2.24, 2.45) is 0 Å². The fourth-order valence-corrected chi connectivity index (χ4v) is 3.86. The van der Waals surface area contributed by atoms with Gasteiger partial charge in [0.15, 0.2) is 0 Å². The van der Waals surface area contributed by atoms with Crippen molar-refractivity contribution in [3.8, 4) is 0 Å². The van der Waals surface area contributed by atoms with E-state index in [0.29, 0.717) is 34.7 Å². The first-order chi connectivity index (χ1) is 14.3. The molecule has 0 saturated heterocycles. The number of hydrogen-bond donors (Lipinski definition) is 2. The van der Waals surface area contributed by atoms with Crippen LogP contribution in [0.4, 0.5) is 0 Å². The number of dihydropyridines is 1. The standard InChI is InChI=1S/C23H27N3O4/c1-13-12-17(14(2)25-13)9-11-30-23(28)20-16(4)26-15(3)19(22(27)29-5)21(20)18-8-6-7-10-24-18/h6-8,10,12,21,25-26H,9,11H2,1-5H3/t21-/m0/s1. The summed E-state index contributed by atoms with van der Waals surface area (Å²) in [4.78, 5) is 33.3. The van der Waals surface area contributed by atoms with Crippen molar-refractivity contribution in [1.82, 2.24) is 15.3 Å². The number of pyridine rings is 1. The average Bonchev–Trinajstić information content (AvgIpc) is 3.04. The molecule has 1 aliphatic rings. The van der Waals surface area contributed by atoms with Crippen molar-refractivity contribution >= 4 is 11.9 Å². The van der Waals surface area contributed by atoms with E-state index in [0.717, 1.165) is 17.0 Å². The molecule has 0 saturated carbocycles. The fourth-order valence-electron chi connectivity index (χ4n) is 3.86. The highest BCUT2D eigenvalue weighted by Gasteiger charge is 2.38.